The van der Waals surface area contributed by atoms with Gasteiger partial charge in [-0.1, -0.05) is 32.4 Å². The molecular formula is C9H16O2. The van der Waals surface area contributed by atoms with Gasteiger partial charge in [0.15, 0.2) is 0 Å². The summed E-state index contributed by atoms with van der Waals surface area (Å²) in [5.41, 5.74) is 0. The number of carboxylic acids is 1. The molecule has 0 bridgehead atoms. The van der Waals surface area contributed by atoms with E-state index in [0.29, 0.717) is 5.92 Å². The van der Waals surface area contributed by atoms with E-state index < -0.39 is 5.97 Å². The minimum Gasteiger partial charge on any atom is -0.481 e. The molecule has 0 aliphatic carbocycles. The van der Waals surface area contributed by atoms with E-state index in [1.54, 1.807) is 6.08 Å². The predicted octanol–water partition coefficient (Wildman–Crippen LogP) is 2.45. The van der Waals surface area contributed by atoms with Crippen molar-refractivity contribution in [2.45, 2.75) is 33.1 Å². The number of rotatable bonds is 5. The lowest BCUT2D eigenvalue weighted by molar-refractivity contribution is -0.136. The first-order valence-electron chi connectivity index (χ1n) is 4.03. The Kier molecular flexibility index (Phi) is 5.53. The van der Waals surface area contributed by atoms with Crippen molar-refractivity contribution in [2.75, 3.05) is 0 Å². The third-order valence-electron chi connectivity index (χ3n) is 1.69. The maximum absolute atomic E-state index is 10.1. The molecule has 0 amide bonds. The fourth-order valence-corrected chi connectivity index (χ4v) is 0.679. The van der Waals surface area contributed by atoms with Crippen LogP contribution in [0.4, 0.5) is 0 Å². The standard InChI is InChI=1S/C9H16O2/c1-3-8(2)6-4-5-7-9(10)11/h4-5,8H,3,6-7H2,1-2H3,(H,10,11). The van der Waals surface area contributed by atoms with E-state index in [9.17, 15) is 4.79 Å². The van der Waals surface area contributed by atoms with Gasteiger partial charge in [-0.2, -0.15) is 0 Å². The lowest BCUT2D eigenvalue weighted by atomic mass is 10.1. The van der Waals surface area contributed by atoms with Crippen LogP contribution in [0.1, 0.15) is 33.1 Å². The second-order valence-corrected chi connectivity index (χ2v) is 2.82. The first-order valence-corrected chi connectivity index (χ1v) is 4.03. The van der Waals surface area contributed by atoms with Crippen LogP contribution in [-0.2, 0) is 4.79 Å². The molecule has 0 aliphatic rings. The summed E-state index contributed by atoms with van der Waals surface area (Å²) in [5.74, 6) is -0.0922. The average Bonchev–Trinajstić information content (AvgIpc) is 1.97. The molecule has 0 rings (SSSR count). The minimum atomic E-state index is -0.759. The van der Waals surface area contributed by atoms with Gasteiger partial charge in [0.05, 0.1) is 6.42 Å². The predicted molar refractivity (Wildman–Crippen MR) is 45.5 cm³/mol. The molecule has 64 valence electrons. The summed E-state index contributed by atoms with van der Waals surface area (Å²) in [6, 6.07) is 0. The first-order chi connectivity index (χ1) is 5.16. The lowest BCUT2D eigenvalue weighted by Crippen LogP contribution is -1.91. The largest absolute Gasteiger partial charge is 0.481 e. The van der Waals surface area contributed by atoms with Crippen LogP contribution in [0.25, 0.3) is 0 Å². The quantitative estimate of drug-likeness (QED) is 0.621. The van der Waals surface area contributed by atoms with E-state index in [1.807, 2.05) is 6.08 Å². The number of allylic oxidation sites excluding steroid dienone is 1. The fraction of sp³-hybridized carbons (Fsp3) is 0.667. The van der Waals surface area contributed by atoms with Gasteiger partial charge in [-0.25, -0.2) is 0 Å². The summed E-state index contributed by atoms with van der Waals surface area (Å²) >= 11 is 0. The van der Waals surface area contributed by atoms with Gasteiger partial charge in [-0.3, -0.25) is 4.79 Å². The maximum atomic E-state index is 10.1. The summed E-state index contributed by atoms with van der Waals surface area (Å²) in [5, 5.41) is 8.28. The van der Waals surface area contributed by atoms with Crippen molar-refractivity contribution in [3.8, 4) is 0 Å². The Bertz CT molecular complexity index is 138. The third kappa shape index (κ3) is 7.10. The summed E-state index contributed by atoms with van der Waals surface area (Å²) in [6.07, 6.45) is 5.95. The van der Waals surface area contributed by atoms with Gasteiger partial charge < -0.3 is 5.11 Å². The molecule has 0 aromatic heterocycles. The van der Waals surface area contributed by atoms with Crippen LogP contribution in [0, 0.1) is 5.92 Å². The van der Waals surface area contributed by atoms with Gasteiger partial charge >= 0.3 is 5.97 Å². The molecule has 0 radical (unpaired) electrons. The molecule has 0 spiro atoms. The zero-order valence-electron chi connectivity index (χ0n) is 7.21. The summed E-state index contributed by atoms with van der Waals surface area (Å²) in [6.45, 7) is 4.29. The van der Waals surface area contributed by atoms with Crippen molar-refractivity contribution in [3.05, 3.63) is 12.2 Å². The molecule has 0 saturated carbocycles. The van der Waals surface area contributed by atoms with E-state index in [2.05, 4.69) is 13.8 Å². The van der Waals surface area contributed by atoms with Crippen molar-refractivity contribution in [2.24, 2.45) is 5.92 Å². The van der Waals surface area contributed by atoms with Gasteiger partial charge in [0.25, 0.3) is 0 Å². The van der Waals surface area contributed by atoms with E-state index in [1.165, 1.54) is 0 Å². The molecule has 2 nitrogen and oxygen atoms in total. The maximum Gasteiger partial charge on any atom is 0.307 e. The highest BCUT2D eigenvalue weighted by Gasteiger charge is 1.94. The van der Waals surface area contributed by atoms with Crippen molar-refractivity contribution < 1.29 is 9.90 Å². The summed E-state index contributed by atoms with van der Waals surface area (Å²) in [4.78, 5) is 10.1. The SMILES string of the molecule is CCC(C)CC=CCC(=O)O. The molecule has 1 atom stereocenters. The minimum absolute atomic E-state index is 0.149. The fourth-order valence-electron chi connectivity index (χ4n) is 0.679. The highest BCUT2D eigenvalue weighted by molar-refractivity contribution is 5.68. The Balaban J connectivity index is 3.36. The topological polar surface area (TPSA) is 37.3 Å². The Hall–Kier alpha value is -0.790. The zero-order valence-corrected chi connectivity index (χ0v) is 7.21. The van der Waals surface area contributed by atoms with Crippen LogP contribution in [-0.4, -0.2) is 11.1 Å². The Morgan fingerprint density at radius 2 is 2.18 bits per heavy atom. The number of aliphatic carboxylic acids is 1. The molecule has 0 heterocycles. The number of hydrogen-bond acceptors (Lipinski definition) is 1. The van der Waals surface area contributed by atoms with Crippen molar-refractivity contribution >= 4 is 5.97 Å². The van der Waals surface area contributed by atoms with E-state index in [0.717, 1.165) is 12.8 Å². The third-order valence-corrected chi connectivity index (χ3v) is 1.69. The number of hydrogen-bond donors (Lipinski definition) is 1. The molecule has 0 aromatic rings. The van der Waals surface area contributed by atoms with Crippen molar-refractivity contribution in [1.82, 2.24) is 0 Å². The second-order valence-electron chi connectivity index (χ2n) is 2.82. The summed E-state index contributed by atoms with van der Waals surface area (Å²) < 4.78 is 0. The van der Waals surface area contributed by atoms with Crippen LogP contribution >= 0.6 is 0 Å². The van der Waals surface area contributed by atoms with Crippen LogP contribution in [0.3, 0.4) is 0 Å². The molecule has 2 heteroatoms. The molecular weight excluding hydrogens is 140 g/mol. The van der Waals surface area contributed by atoms with Crippen molar-refractivity contribution in [1.29, 1.82) is 0 Å². The molecule has 1 unspecified atom stereocenters. The lowest BCUT2D eigenvalue weighted by Gasteiger charge is -2.01. The van der Waals surface area contributed by atoms with Crippen LogP contribution < -0.4 is 0 Å². The molecule has 11 heavy (non-hydrogen) atoms. The smallest absolute Gasteiger partial charge is 0.307 e. The zero-order chi connectivity index (χ0) is 8.69. The van der Waals surface area contributed by atoms with Gasteiger partial charge in [0, 0.05) is 0 Å². The highest BCUT2D eigenvalue weighted by atomic mass is 16.4. The second kappa shape index (κ2) is 5.96. The first kappa shape index (κ1) is 10.2. The van der Waals surface area contributed by atoms with Crippen LogP contribution in [0.15, 0.2) is 12.2 Å². The van der Waals surface area contributed by atoms with E-state index in [4.69, 9.17) is 5.11 Å². The van der Waals surface area contributed by atoms with Gasteiger partial charge in [0.1, 0.15) is 0 Å². The Morgan fingerprint density at radius 1 is 1.55 bits per heavy atom. The normalized spacial score (nSPS) is 13.6. The number of carbonyl (C=O) groups is 1. The molecule has 1 N–H and O–H groups in total. The average molecular weight is 156 g/mol. The van der Waals surface area contributed by atoms with Gasteiger partial charge in [-0.05, 0) is 12.3 Å². The molecule has 0 aliphatic heterocycles. The molecule has 0 aromatic carbocycles. The van der Waals surface area contributed by atoms with Crippen LogP contribution in [0.2, 0.25) is 0 Å². The molecule has 0 fully saturated rings. The van der Waals surface area contributed by atoms with Crippen LogP contribution in [0.5, 0.6) is 0 Å². The van der Waals surface area contributed by atoms with Gasteiger partial charge in [0.2, 0.25) is 0 Å². The Morgan fingerprint density at radius 3 is 2.64 bits per heavy atom. The monoisotopic (exact) mass is 156 g/mol. The van der Waals surface area contributed by atoms with Crippen molar-refractivity contribution in [3.63, 3.8) is 0 Å². The van der Waals surface area contributed by atoms with Gasteiger partial charge in [-0.15, -0.1) is 0 Å². The molecule has 0 saturated heterocycles. The number of carboxylic acid groups (broad SMARTS) is 1. The Labute approximate surface area is 67.9 Å². The highest BCUT2D eigenvalue weighted by Crippen LogP contribution is 2.06. The summed E-state index contributed by atoms with van der Waals surface area (Å²) in [7, 11) is 0. The van der Waals surface area contributed by atoms with E-state index >= 15 is 0 Å². The van der Waals surface area contributed by atoms with E-state index in [-0.39, 0.29) is 6.42 Å².